The van der Waals surface area contributed by atoms with E-state index < -0.39 is 5.97 Å². The number of hydrogen-bond donors (Lipinski definition) is 2. The van der Waals surface area contributed by atoms with Crippen LogP contribution >= 0.6 is 23.5 Å². The second kappa shape index (κ2) is 6.54. The number of carbonyl (C=O) groups is 1. The van der Waals surface area contributed by atoms with Crippen LogP contribution in [-0.2, 0) is 4.79 Å². The Kier molecular flexibility index (Phi) is 4.76. The van der Waals surface area contributed by atoms with Crippen molar-refractivity contribution in [2.24, 2.45) is 0 Å². The van der Waals surface area contributed by atoms with Gasteiger partial charge in [-0.3, -0.25) is 4.79 Å². The fourth-order valence-electron chi connectivity index (χ4n) is 1.42. The van der Waals surface area contributed by atoms with Crippen molar-refractivity contribution < 1.29 is 9.90 Å². The number of aliphatic carboxylic acids is 1. The average molecular weight is 291 g/mol. The summed E-state index contributed by atoms with van der Waals surface area (Å²) < 4.78 is 0. The van der Waals surface area contributed by atoms with Crippen molar-refractivity contribution in [2.45, 2.75) is 14.7 Å². The zero-order valence-corrected chi connectivity index (χ0v) is 11.7. The molecule has 98 valence electrons. The summed E-state index contributed by atoms with van der Waals surface area (Å²) in [6, 6.07) is 15.6. The highest BCUT2D eigenvalue weighted by molar-refractivity contribution is 8.00. The molecule has 2 aromatic rings. The van der Waals surface area contributed by atoms with Gasteiger partial charge in [-0.15, -0.1) is 11.8 Å². The first kappa shape index (κ1) is 13.8. The number of rotatable bonds is 5. The number of nitrogens with two attached hydrogens (primary N) is 1. The van der Waals surface area contributed by atoms with E-state index in [4.69, 9.17) is 10.8 Å². The van der Waals surface area contributed by atoms with Crippen molar-refractivity contribution >= 4 is 35.2 Å². The Morgan fingerprint density at radius 3 is 1.95 bits per heavy atom. The maximum Gasteiger partial charge on any atom is 0.313 e. The molecular formula is C14H13NO2S2. The molecule has 2 aromatic carbocycles. The number of thioether (sulfide) groups is 1. The molecule has 0 aliphatic heterocycles. The fraction of sp³-hybridized carbons (Fsp3) is 0.0714. The molecule has 5 heteroatoms. The van der Waals surface area contributed by atoms with E-state index in [1.54, 1.807) is 11.8 Å². The van der Waals surface area contributed by atoms with E-state index in [1.807, 2.05) is 48.5 Å². The molecule has 0 unspecified atom stereocenters. The number of carboxylic acid groups (broad SMARTS) is 1. The summed E-state index contributed by atoms with van der Waals surface area (Å²) in [6.07, 6.45) is 0. The number of anilines is 1. The zero-order chi connectivity index (χ0) is 13.7. The molecule has 3 N–H and O–H groups in total. The van der Waals surface area contributed by atoms with E-state index in [2.05, 4.69) is 0 Å². The molecule has 0 amide bonds. The molecule has 0 saturated heterocycles. The summed E-state index contributed by atoms with van der Waals surface area (Å²) in [6.45, 7) is 0. The smallest absolute Gasteiger partial charge is 0.313 e. The second-order valence-electron chi connectivity index (χ2n) is 3.82. The van der Waals surface area contributed by atoms with Gasteiger partial charge in [0.25, 0.3) is 0 Å². The highest BCUT2D eigenvalue weighted by Crippen LogP contribution is 2.29. The molecule has 0 saturated carbocycles. The van der Waals surface area contributed by atoms with Crippen LogP contribution in [0.3, 0.4) is 0 Å². The lowest BCUT2D eigenvalue weighted by atomic mass is 10.3. The largest absolute Gasteiger partial charge is 0.481 e. The zero-order valence-electron chi connectivity index (χ0n) is 10.1. The van der Waals surface area contributed by atoms with Crippen LogP contribution in [0, 0.1) is 0 Å². The first-order valence-electron chi connectivity index (χ1n) is 5.61. The summed E-state index contributed by atoms with van der Waals surface area (Å²) in [7, 11) is 0. The maximum absolute atomic E-state index is 10.5. The third-order valence-electron chi connectivity index (χ3n) is 2.30. The Labute approximate surface area is 120 Å². The molecule has 0 bridgehead atoms. The Morgan fingerprint density at radius 2 is 1.42 bits per heavy atom. The third-order valence-corrected chi connectivity index (χ3v) is 4.31. The fourth-order valence-corrected chi connectivity index (χ4v) is 2.86. The van der Waals surface area contributed by atoms with Crippen molar-refractivity contribution in [1.82, 2.24) is 0 Å². The van der Waals surface area contributed by atoms with Crippen molar-refractivity contribution in [3.8, 4) is 0 Å². The molecule has 0 aliphatic rings. The maximum atomic E-state index is 10.5. The van der Waals surface area contributed by atoms with E-state index in [0.29, 0.717) is 0 Å². The molecule has 3 nitrogen and oxygen atoms in total. The second-order valence-corrected chi connectivity index (χ2v) is 6.02. The summed E-state index contributed by atoms with van der Waals surface area (Å²) in [5.74, 6) is -0.713. The number of benzene rings is 2. The van der Waals surface area contributed by atoms with E-state index in [1.165, 1.54) is 11.8 Å². The van der Waals surface area contributed by atoms with E-state index in [0.717, 1.165) is 20.4 Å². The Balaban J connectivity index is 1.98. The van der Waals surface area contributed by atoms with Crippen LogP contribution in [-0.4, -0.2) is 16.8 Å². The van der Waals surface area contributed by atoms with Gasteiger partial charge in [-0.2, -0.15) is 0 Å². The minimum atomic E-state index is -0.801. The molecule has 0 aliphatic carbocycles. The predicted octanol–water partition coefficient (Wildman–Crippen LogP) is 3.60. The lowest BCUT2D eigenvalue weighted by Crippen LogP contribution is -1.97. The number of hydrogen-bond acceptors (Lipinski definition) is 4. The SMILES string of the molecule is Nc1ccc(Sc2ccc(SCC(=O)O)cc2)cc1. The number of carboxylic acids is 1. The van der Waals surface area contributed by atoms with Crippen LogP contribution in [0.15, 0.2) is 63.2 Å². The van der Waals surface area contributed by atoms with E-state index in [9.17, 15) is 4.79 Å². The average Bonchev–Trinajstić information content (AvgIpc) is 2.40. The first-order chi connectivity index (χ1) is 9.13. The predicted molar refractivity (Wildman–Crippen MR) is 79.8 cm³/mol. The normalized spacial score (nSPS) is 10.3. The Hall–Kier alpha value is -1.59. The van der Waals surface area contributed by atoms with Crippen molar-refractivity contribution in [3.63, 3.8) is 0 Å². The lowest BCUT2D eigenvalue weighted by molar-refractivity contribution is -0.133. The van der Waals surface area contributed by atoms with Crippen molar-refractivity contribution in [1.29, 1.82) is 0 Å². The van der Waals surface area contributed by atoms with Gasteiger partial charge in [0.15, 0.2) is 0 Å². The van der Waals surface area contributed by atoms with Crippen LogP contribution in [0.25, 0.3) is 0 Å². The topological polar surface area (TPSA) is 63.3 Å². The highest BCUT2D eigenvalue weighted by Gasteiger charge is 2.01. The minimum Gasteiger partial charge on any atom is -0.481 e. The van der Waals surface area contributed by atoms with Gasteiger partial charge < -0.3 is 10.8 Å². The third kappa shape index (κ3) is 4.54. The molecule has 0 aromatic heterocycles. The summed E-state index contributed by atoms with van der Waals surface area (Å²) in [5, 5.41) is 8.61. The van der Waals surface area contributed by atoms with Gasteiger partial charge in [0.05, 0.1) is 5.75 Å². The molecule has 0 atom stereocenters. The summed E-state index contributed by atoms with van der Waals surface area (Å²) >= 11 is 2.97. The number of nitrogen functional groups attached to an aromatic ring is 1. The van der Waals surface area contributed by atoms with E-state index >= 15 is 0 Å². The molecule has 2 rings (SSSR count). The molecule has 0 radical (unpaired) electrons. The minimum absolute atomic E-state index is 0.0877. The summed E-state index contributed by atoms with van der Waals surface area (Å²) in [5.41, 5.74) is 6.39. The summed E-state index contributed by atoms with van der Waals surface area (Å²) in [4.78, 5) is 13.7. The molecular weight excluding hydrogens is 278 g/mol. The first-order valence-corrected chi connectivity index (χ1v) is 7.42. The van der Waals surface area contributed by atoms with Crippen LogP contribution < -0.4 is 5.73 Å². The van der Waals surface area contributed by atoms with Gasteiger partial charge in [-0.1, -0.05) is 11.8 Å². The highest BCUT2D eigenvalue weighted by atomic mass is 32.2. The Bertz CT molecular complexity index is 553. The van der Waals surface area contributed by atoms with Crippen LogP contribution in [0.4, 0.5) is 5.69 Å². The van der Waals surface area contributed by atoms with Crippen LogP contribution in [0.2, 0.25) is 0 Å². The van der Waals surface area contributed by atoms with Crippen LogP contribution in [0.1, 0.15) is 0 Å². The Morgan fingerprint density at radius 1 is 0.947 bits per heavy atom. The quantitative estimate of drug-likeness (QED) is 0.651. The molecule has 19 heavy (non-hydrogen) atoms. The monoisotopic (exact) mass is 291 g/mol. The molecule has 0 fully saturated rings. The molecule has 0 heterocycles. The van der Waals surface area contributed by atoms with Crippen LogP contribution in [0.5, 0.6) is 0 Å². The van der Waals surface area contributed by atoms with Gasteiger partial charge in [0.2, 0.25) is 0 Å². The lowest BCUT2D eigenvalue weighted by Gasteiger charge is -2.03. The van der Waals surface area contributed by atoms with Gasteiger partial charge in [-0.25, -0.2) is 0 Å². The van der Waals surface area contributed by atoms with Gasteiger partial charge in [0, 0.05) is 20.4 Å². The van der Waals surface area contributed by atoms with Crippen molar-refractivity contribution in [3.05, 3.63) is 48.5 Å². The molecule has 0 spiro atoms. The van der Waals surface area contributed by atoms with Gasteiger partial charge in [0.1, 0.15) is 0 Å². The van der Waals surface area contributed by atoms with Gasteiger partial charge in [-0.05, 0) is 48.5 Å². The van der Waals surface area contributed by atoms with E-state index in [-0.39, 0.29) is 5.75 Å². The van der Waals surface area contributed by atoms with Gasteiger partial charge >= 0.3 is 5.97 Å². The van der Waals surface area contributed by atoms with Crippen molar-refractivity contribution in [2.75, 3.05) is 11.5 Å². The standard InChI is InChI=1S/C14H13NO2S2/c15-10-1-3-12(4-2-10)19-13-7-5-11(6-8-13)18-9-14(16)17/h1-8H,9,15H2,(H,16,17).